The summed E-state index contributed by atoms with van der Waals surface area (Å²) in [6.07, 6.45) is 0. The Kier molecular flexibility index (Phi) is 311. The molecule has 0 saturated heterocycles. The second-order valence-electron chi connectivity index (χ2n) is 0. The molecule has 4 heavy (non-hydrogen) atoms. The summed E-state index contributed by atoms with van der Waals surface area (Å²) in [6.45, 7) is 0. The Morgan fingerprint density at radius 2 is 1.00 bits per heavy atom. The third-order valence-corrected chi connectivity index (χ3v) is 0. The number of hydrogen-bond donors (Lipinski definition) is 0. The van der Waals surface area contributed by atoms with Gasteiger partial charge in [0, 0.05) is 33.6 Å². The van der Waals surface area contributed by atoms with Crippen molar-refractivity contribution in [2.45, 2.75) is 0 Å². The van der Waals surface area contributed by atoms with Crippen LogP contribution in [-0.4, -0.2) is 0 Å². The topological polar surface area (TPSA) is 28.5 Å². The molecule has 1 nitrogen and oxygen atoms in total. The van der Waals surface area contributed by atoms with E-state index in [2.05, 4.69) is 0 Å². The molecule has 0 aliphatic rings. The molecular formula is CoMnNiO. The van der Waals surface area contributed by atoms with Crippen LogP contribution in [0.3, 0.4) is 0 Å². The molecule has 0 aliphatic carbocycles. The van der Waals surface area contributed by atoms with Crippen molar-refractivity contribution in [3.8, 4) is 0 Å². The zero-order valence-corrected chi connectivity index (χ0v) is 4.64. The van der Waals surface area contributed by atoms with Gasteiger partial charge in [-0.05, 0) is 0 Å². The summed E-state index contributed by atoms with van der Waals surface area (Å²) in [5.74, 6) is 0. The molecule has 0 aromatic carbocycles. The van der Waals surface area contributed by atoms with Crippen molar-refractivity contribution in [2.24, 2.45) is 0 Å². The minimum atomic E-state index is 0. The quantitative estimate of drug-likeness (QED) is 0.474. The van der Waals surface area contributed by atoms with Crippen LogP contribution in [0.5, 0.6) is 0 Å². The van der Waals surface area contributed by atoms with Crippen LogP contribution in [0, 0.1) is 0 Å². The van der Waals surface area contributed by atoms with Crippen molar-refractivity contribution in [1.29, 1.82) is 0 Å². The van der Waals surface area contributed by atoms with Crippen LogP contribution < -0.4 is 0 Å². The van der Waals surface area contributed by atoms with Crippen molar-refractivity contribution >= 4 is 0 Å². The molecule has 0 spiro atoms. The average Bonchev–Trinajstić information content (AvgIpc) is 0. The summed E-state index contributed by atoms with van der Waals surface area (Å²) < 4.78 is 0. The molecule has 2 radical (unpaired) electrons. The molecule has 0 saturated carbocycles. The maximum atomic E-state index is 0. The molecule has 0 N–H and O–H groups in total. The first-order chi connectivity index (χ1) is 0. The second-order valence-corrected chi connectivity index (χ2v) is 0. The molecule has 0 bridgehead atoms. The van der Waals surface area contributed by atoms with Gasteiger partial charge < -0.3 is 5.48 Å². The maximum Gasteiger partial charge on any atom is 2.00 e. The molecule has 0 aliphatic heterocycles. The van der Waals surface area contributed by atoms with Crippen molar-refractivity contribution in [2.75, 3.05) is 0 Å². The molecule has 0 amide bonds. The third-order valence-electron chi connectivity index (χ3n) is 0. The normalized spacial score (nSPS) is 0. The van der Waals surface area contributed by atoms with E-state index in [9.17, 15) is 0 Å². The van der Waals surface area contributed by atoms with Gasteiger partial charge in [-0.2, -0.15) is 0 Å². The zero-order chi connectivity index (χ0) is 0. The Hall–Kier alpha value is 1.48. The zero-order valence-electron chi connectivity index (χ0n) is 1.44. The van der Waals surface area contributed by atoms with Gasteiger partial charge in [0.1, 0.15) is 0 Å². The fourth-order valence-electron chi connectivity index (χ4n) is 0. The van der Waals surface area contributed by atoms with Crippen LogP contribution in [0.25, 0.3) is 0 Å². The van der Waals surface area contributed by atoms with E-state index in [4.69, 9.17) is 0 Å². The fourth-order valence-corrected chi connectivity index (χ4v) is 0. The Bertz CT molecular complexity index is 8.00. The minimum Gasteiger partial charge on any atom is -2.00 e. The van der Waals surface area contributed by atoms with E-state index in [1.807, 2.05) is 0 Å². The Morgan fingerprint density at radius 3 is 1.00 bits per heavy atom. The molecule has 0 unspecified atom stereocenters. The van der Waals surface area contributed by atoms with Crippen LogP contribution >= 0.6 is 0 Å². The molecule has 0 aromatic heterocycles. The molecule has 0 heterocycles. The van der Waals surface area contributed by atoms with Crippen LogP contribution in [0.1, 0.15) is 0 Å². The van der Waals surface area contributed by atoms with Gasteiger partial charge in [0.05, 0.1) is 0 Å². The SMILES string of the molecule is [Co+2].[Mn].[Ni].[O-2]. The van der Waals surface area contributed by atoms with Gasteiger partial charge in [-0.25, -0.2) is 0 Å². The summed E-state index contributed by atoms with van der Waals surface area (Å²) >= 11 is 0. The van der Waals surface area contributed by atoms with Crippen molar-refractivity contribution in [3.63, 3.8) is 0 Å². The monoisotopic (exact) mass is 188 g/mol. The first-order valence-corrected chi connectivity index (χ1v) is 0. The van der Waals surface area contributed by atoms with Crippen LogP contribution in [0.2, 0.25) is 0 Å². The van der Waals surface area contributed by atoms with Gasteiger partial charge in [0.25, 0.3) is 0 Å². The van der Waals surface area contributed by atoms with E-state index in [1.165, 1.54) is 0 Å². The van der Waals surface area contributed by atoms with Gasteiger partial charge >= 0.3 is 16.8 Å². The van der Waals surface area contributed by atoms with E-state index in [0.29, 0.717) is 0 Å². The van der Waals surface area contributed by atoms with E-state index < -0.39 is 0 Å². The summed E-state index contributed by atoms with van der Waals surface area (Å²) in [6, 6.07) is 0. The molecule has 0 rings (SSSR count). The van der Waals surface area contributed by atoms with Crippen LogP contribution in [-0.2, 0) is 55.8 Å². The Balaban J connectivity index is 0. The summed E-state index contributed by atoms with van der Waals surface area (Å²) in [5, 5.41) is 0. The number of rotatable bonds is 0. The van der Waals surface area contributed by atoms with Gasteiger partial charge in [-0.3, -0.25) is 0 Å². The van der Waals surface area contributed by atoms with Crippen molar-refractivity contribution in [3.05, 3.63) is 0 Å². The fraction of sp³-hybridized carbons (Fsp3) is 0. The first kappa shape index (κ1) is 50.2. The summed E-state index contributed by atoms with van der Waals surface area (Å²) in [5.41, 5.74) is 0. The maximum absolute atomic E-state index is 0. The van der Waals surface area contributed by atoms with E-state index >= 15 is 0 Å². The predicted octanol–water partition coefficient (Wildman–Crippen LogP) is -0.126. The molecule has 4 heteroatoms. The van der Waals surface area contributed by atoms with Crippen LogP contribution in [0.4, 0.5) is 0 Å². The molecule has 32 valence electrons. The van der Waals surface area contributed by atoms with Crippen molar-refractivity contribution < 1.29 is 55.8 Å². The molecule has 0 aromatic rings. The standard InChI is InChI=1S/Co.Mn.Ni.O/q+2;;;-2. The summed E-state index contributed by atoms with van der Waals surface area (Å²) in [7, 11) is 0. The smallest absolute Gasteiger partial charge is 2.00 e. The minimum absolute atomic E-state index is 0. The number of hydrogen-bond acceptors (Lipinski definition) is 0. The van der Waals surface area contributed by atoms with Gasteiger partial charge in [0.2, 0.25) is 0 Å². The van der Waals surface area contributed by atoms with Gasteiger partial charge in [0.15, 0.2) is 0 Å². The second kappa shape index (κ2) is 24.8. The predicted molar refractivity (Wildman–Crippen MR) is 0.686 cm³/mol. The molecular weight excluding hydrogens is 189 g/mol. The summed E-state index contributed by atoms with van der Waals surface area (Å²) in [4.78, 5) is 0. The van der Waals surface area contributed by atoms with E-state index in [-0.39, 0.29) is 55.8 Å². The Labute approximate surface area is 55.8 Å². The van der Waals surface area contributed by atoms with Crippen LogP contribution in [0.15, 0.2) is 0 Å². The largest absolute Gasteiger partial charge is 2.00 e. The third kappa shape index (κ3) is 9.77. The van der Waals surface area contributed by atoms with Crippen molar-refractivity contribution in [1.82, 2.24) is 0 Å². The van der Waals surface area contributed by atoms with Gasteiger partial charge in [-0.15, -0.1) is 0 Å². The first-order valence-electron chi connectivity index (χ1n) is 0. The van der Waals surface area contributed by atoms with E-state index in [0.717, 1.165) is 0 Å². The van der Waals surface area contributed by atoms with E-state index in [1.54, 1.807) is 0 Å². The Morgan fingerprint density at radius 1 is 1.00 bits per heavy atom. The molecule has 0 fully saturated rings. The van der Waals surface area contributed by atoms with Gasteiger partial charge in [-0.1, -0.05) is 0 Å². The molecule has 0 atom stereocenters. The average molecular weight is 189 g/mol.